The van der Waals surface area contributed by atoms with Crippen LogP contribution in [0.1, 0.15) is 48.2 Å². The molecule has 0 aliphatic carbocycles. The molecule has 0 spiro atoms. The van der Waals surface area contributed by atoms with Crippen LogP contribution in [0.15, 0.2) is 35.1 Å². The highest BCUT2D eigenvalue weighted by Gasteiger charge is 2.38. The summed E-state index contributed by atoms with van der Waals surface area (Å²) in [6, 6.07) is 11.2. The van der Waals surface area contributed by atoms with E-state index in [0.717, 1.165) is 73.5 Å². The van der Waals surface area contributed by atoms with Crippen LogP contribution in [0, 0.1) is 6.92 Å². The second-order valence-electron chi connectivity index (χ2n) is 9.26. The molecular formula is C24H27N5O2. The molecule has 3 aromatic rings. The molecule has 7 nitrogen and oxygen atoms in total. The monoisotopic (exact) mass is 417 g/mol. The SMILES string of the molecule is Cc1cc2nc3c(c(=O)n2[nH]1)CC1CCC(C3)N1Cc1ccc(N2CCCC2=O)cc1. The van der Waals surface area contributed by atoms with Crippen molar-refractivity contribution in [3.63, 3.8) is 0 Å². The van der Waals surface area contributed by atoms with Gasteiger partial charge in [0.1, 0.15) is 0 Å². The third kappa shape index (κ3) is 3.10. The minimum Gasteiger partial charge on any atom is -0.312 e. The molecule has 3 aliphatic rings. The lowest BCUT2D eigenvalue weighted by Gasteiger charge is -2.28. The summed E-state index contributed by atoms with van der Waals surface area (Å²) in [5, 5.41) is 3.12. The van der Waals surface area contributed by atoms with Gasteiger partial charge in [-0.3, -0.25) is 19.6 Å². The van der Waals surface area contributed by atoms with Gasteiger partial charge in [-0.15, -0.1) is 0 Å². The number of benzene rings is 1. The van der Waals surface area contributed by atoms with Crippen LogP contribution in [0.5, 0.6) is 0 Å². The van der Waals surface area contributed by atoms with Crippen molar-refractivity contribution in [2.24, 2.45) is 0 Å². The number of hydrogen-bond acceptors (Lipinski definition) is 4. The summed E-state index contributed by atoms with van der Waals surface area (Å²) in [6.07, 6.45) is 5.47. The van der Waals surface area contributed by atoms with Gasteiger partial charge < -0.3 is 4.90 Å². The number of carbonyl (C=O) groups excluding carboxylic acids is 1. The lowest BCUT2D eigenvalue weighted by Crippen LogP contribution is -2.36. The van der Waals surface area contributed by atoms with E-state index in [1.165, 1.54) is 5.56 Å². The smallest absolute Gasteiger partial charge is 0.276 e. The van der Waals surface area contributed by atoms with Crippen LogP contribution in [0.2, 0.25) is 0 Å². The molecule has 0 radical (unpaired) electrons. The third-order valence-corrected chi connectivity index (χ3v) is 7.25. The molecule has 2 bridgehead atoms. The molecule has 0 saturated carbocycles. The molecule has 2 unspecified atom stereocenters. The van der Waals surface area contributed by atoms with Crippen molar-refractivity contribution in [3.8, 4) is 0 Å². The largest absolute Gasteiger partial charge is 0.312 e. The zero-order chi connectivity index (χ0) is 21.1. The maximum absolute atomic E-state index is 13.1. The first kappa shape index (κ1) is 18.8. The maximum Gasteiger partial charge on any atom is 0.276 e. The van der Waals surface area contributed by atoms with E-state index in [9.17, 15) is 9.59 Å². The van der Waals surface area contributed by atoms with Gasteiger partial charge in [0.05, 0.1) is 5.69 Å². The van der Waals surface area contributed by atoms with Crippen molar-refractivity contribution in [1.82, 2.24) is 19.5 Å². The molecule has 1 N–H and O–H groups in total. The molecule has 2 saturated heterocycles. The molecule has 6 rings (SSSR count). The number of aromatic nitrogens is 3. The molecule has 2 aromatic heterocycles. The van der Waals surface area contributed by atoms with Gasteiger partial charge in [-0.25, -0.2) is 9.50 Å². The van der Waals surface area contributed by atoms with Crippen molar-refractivity contribution in [1.29, 1.82) is 0 Å². The summed E-state index contributed by atoms with van der Waals surface area (Å²) in [4.78, 5) is 34.4. The van der Waals surface area contributed by atoms with Gasteiger partial charge in [0, 0.05) is 61.0 Å². The van der Waals surface area contributed by atoms with E-state index >= 15 is 0 Å². The highest BCUT2D eigenvalue weighted by Crippen LogP contribution is 2.34. The van der Waals surface area contributed by atoms with E-state index in [-0.39, 0.29) is 11.5 Å². The summed E-state index contributed by atoms with van der Waals surface area (Å²) < 4.78 is 1.59. The van der Waals surface area contributed by atoms with Crippen LogP contribution in [0.4, 0.5) is 5.69 Å². The Morgan fingerprint density at radius 1 is 1.10 bits per heavy atom. The minimum atomic E-state index is 0.0558. The molecule has 1 amide bonds. The van der Waals surface area contributed by atoms with Gasteiger partial charge in [0.25, 0.3) is 5.56 Å². The third-order valence-electron chi connectivity index (χ3n) is 7.25. The van der Waals surface area contributed by atoms with Gasteiger partial charge in [-0.2, -0.15) is 0 Å². The molecule has 5 heterocycles. The van der Waals surface area contributed by atoms with Crippen molar-refractivity contribution < 1.29 is 4.79 Å². The quantitative estimate of drug-likeness (QED) is 0.711. The molecular weight excluding hydrogens is 390 g/mol. The second-order valence-corrected chi connectivity index (χ2v) is 9.26. The standard InChI is InChI=1S/C24H27N5O2/c1-15-11-22-25-21-13-19-9-8-18(12-20(21)24(31)29(22)26-15)28(19)14-16-4-6-17(7-5-16)27-10-2-3-23(27)30/h4-7,11,18-19,26H,2-3,8-10,12-14H2,1H3. The fraction of sp³-hybridized carbons (Fsp3) is 0.458. The maximum atomic E-state index is 13.1. The number of H-pyrrole nitrogens is 1. The Morgan fingerprint density at radius 2 is 1.87 bits per heavy atom. The zero-order valence-electron chi connectivity index (χ0n) is 17.8. The molecule has 31 heavy (non-hydrogen) atoms. The molecule has 2 fully saturated rings. The number of amides is 1. The summed E-state index contributed by atoms with van der Waals surface area (Å²) >= 11 is 0. The van der Waals surface area contributed by atoms with E-state index in [0.29, 0.717) is 18.5 Å². The lowest BCUT2D eigenvalue weighted by molar-refractivity contribution is -0.117. The van der Waals surface area contributed by atoms with Gasteiger partial charge in [-0.05, 0) is 50.3 Å². The summed E-state index contributed by atoms with van der Waals surface area (Å²) in [7, 11) is 0. The Hall–Kier alpha value is -2.93. The van der Waals surface area contributed by atoms with E-state index in [1.54, 1.807) is 4.52 Å². The van der Waals surface area contributed by atoms with E-state index in [4.69, 9.17) is 4.98 Å². The second kappa shape index (κ2) is 7.05. The van der Waals surface area contributed by atoms with Crippen molar-refractivity contribution in [3.05, 3.63) is 63.2 Å². The topological polar surface area (TPSA) is 73.7 Å². The first-order chi connectivity index (χ1) is 15.1. The first-order valence-corrected chi connectivity index (χ1v) is 11.3. The van der Waals surface area contributed by atoms with Gasteiger partial charge in [0.15, 0.2) is 5.65 Å². The normalized spacial score (nSPS) is 23.5. The number of carbonyl (C=O) groups is 1. The highest BCUT2D eigenvalue weighted by atomic mass is 16.2. The van der Waals surface area contributed by atoms with Crippen molar-refractivity contribution in [2.45, 2.75) is 64.1 Å². The summed E-state index contributed by atoms with van der Waals surface area (Å²) in [6.45, 7) is 3.65. The molecule has 7 heteroatoms. The predicted molar refractivity (Wildman–Crippen MR) is 118 cm³/mol. The Kier molecular flexibility index (Phi) is 4.28. The van der Waals surface area contributed by atoms with Crippen molar-refractivity contribution in [2.75, 3.05) is 11.4 Å². The number of aromatic amines is 1. The Balaban J connectivity index is 1.26. The number of nitrogens with zero attached hydrogens (tertiary/aromatic N) is 4. The molecule has 160 valence electrons. The van der Waals surface area contributed by atoms with Gasteiger partial charge in [-0.1, -0.05) is 12.1 Å². The average molecular weight is 418 g/mol. The van der Waals surface area contributed by atoms with Crippen LogP contribution in [0.25, 0.3) is 5.65 Å². The zero-order valence-corrected chi connectivity index (χ0v) is 17.8. The van der Waals surface area contributed by atoms with Gasteiger partial charge >= 0.3 is 0 Å². The average Bonchev–Trinajstić information content (AvgIpc) is 3.41. The van der Waals surface area contributed by atoms with Crippen LogP contribution in [-0.4, -0.2) is 44.0 Å². The predicted octanol–water partition coefficient (Wildman–Crippen LogP) is 2.59. The number of fused-ring (bicyclic) bond motifs is 4. The van der Waals surface area contributed by atoms with Gasteiger partial charge in [0.2, 0.25) is 5.91 Å². The highest BCUT2D eigenvalue weighted by molar-refractivity contribution is 5.95. The number of nitrogens with one attached hydrogen (secondary N) is 1. The minimum absolute atomic E-state index is 0.0558. The fourth-order valence-corrected chi connectivity index (χ4v) is 5.68. The van der Waals surface area contributed by atoms with E-state index in [1.807, 2.05) is 17.9 Å². The van der Waals surface area contributed by atoms with E-state index in [2.05, 4.69) is 34.3 Å². The van der Waals surface area contributed by atoms with Crippen LogP contribution >= 0.6 is 0 Å². The molecule has 3 aliphatic heterocycles. The van der Waals surface area contributed by atoms with Crippen molar-refractivity contribution >= 4 is 17.2 Å². The van der Waals surface area contributed by atoms with Crippen LogP contribution < -0.4 is 10.5 Å². The Labute approximate surface area is 180 Å². The number of hydrogen-bond donors (Lipinski definition) is 1. The summed E-state index contributed by atoms with van der Waals surface area (Å²) in [5.74, 6) is 0.223. The Bertz CT molecular complexity index is 1230. The summed E-state index contributed by atoms with van der Waals surface area (Å²) in [5.41, 5.74) is 5.83. The van der Waals surface area contributed by atoms with E-state index < -0.39 is 0 Å². The Morgan fingerprint density at radius 3 is 2.61 bits per heavy atom. The van der Waals surface area contributed by atoms with Crippen LogP contribution in [0.3, 0.4) is 0 Å². The first-order valence-electron chi connectivity index (χ1n) is 11.3. The van der Waals surface area contributed by atoms with Crippen LogP contribution in [-0.2, 0) is 24.2 Å². The lowest BCUT2D eigenvalue weighted by atomic mass is 9.98. The molecule has 1 aromatic carbocycles. The number of rotatable bonds is 3. The molecule has 2 atom stereocenters. The number of anilines is 1. The number of aryl methyl sites for hydroxylation is 1. The fourth-order valence-electron chi connectivity index (χ4n) is 5.68.